The molecule has 2 aliphatic heterocycles. The number of rotatable bonds is 7. The van der Waals surface area contributed by atoms with Gasteiger partial charge in [-0.25, -0.2) is 4.39 Å². The lowest BCUT2D eigenvalue weighted by atomic mass is 9.53. The van der Waals surface area contributed by atoms with E-state index < -0.39 is 47.0 Å². The van der Waals surface area contributed by atoms with E-state index in [0.29, 0.717) is 73.2 Å². The second-order valence-electron chi connectivity index (χ2n) is 16.8. The number of nitrogens with one attached hydrogen (secondary N) is 2. The third kappa shape index (κ3) is 6.29. The van der Waals surface area contributed by atoms with Crippen LogP contribution in [0.25, 0.3) is 0 Å². The van der Waals surface area contributed by atoms with Crippen molar-refractivity contribution in [3.05, 3.63) is 135 Å². The molecule has 8 rings (SSSR count). The van der Waals surface area contributed by atoms with Crippen LogP contribution in [-0.4, -0.2) is 50.7 Å². The summed E-state index contributed by atoms with van der Waals surface area (Å²) >= 11 is 13.2. The minimum atomic E-state index is -1.52. The van der Waals surface area contributed by atoms with Gasteiger partial charge >= 0.3 is 0 Å². The minimum Gasteiger partial charge on any atom is -0.393 e. The molecule has 2 saturated carbocycles. The van der Waals surface area contributed by atoms with Crippen molar-refractivity contribution in [2.45, 2.75) is 112 Å². The van der Waals surface area contributed by atoms with E-state index in [2.05, 4.69) is 29.4 Å². The van der Waals surface area contributed by atoms with E-state index in [4.69, 9.17) is 23.2 Å². The second kappa shape index (κ2) is 14.6. The number of anilines is 1. The van der Waals surface area contributed by atoms with Crippen LogP contribution >= 0.6 is 23.2 Å². The Bertz CT molecular complexity index is 2070. The van der Waals surface area contributed by atoms with Gasteiger partial charge in [0, 0.05) is 28.2 Å². The van der Waals surface area contributed by atoms with Gasteiger partial charge in [-0.05, 0) is 97.2 Å². The number of amides is 2. The zero-order valence-corrected chi connectivity index (χ0v) is 32.7. The molecule has 2 heterocycles. The highest BCUT2D eigenvalue weighted by molar-refractivity contribution is 6.31. The molecule has 0 aromatic heterocycles. The van der Waals surface area contributed by atoms with Crippen molar-refractivity contribution in [2.24, 2.45) is 5.41 Å². The maximum Gasteiger partial charge on any atom is 0.238 e. The summed E-state index contributed by atoms with van der Waals surface area (Å²) in [7, 11) is 0. The van der Waals surface area contributed by atoms with Gasteiger partial charge in [-0.1, -0.05) is 116 Å². The van der Waals surface area contributed by atoms with Crippen molar-refractivity contribution >= 4 is 40.7 Å². The number of hydrogen-bond acceptors (Lipinski definition) is 5. The number of fused-ring (bicyclic) bond motifs is 3. The second-order valence-corrected chi connectivity index (χ2v) is 17.7. The zero-order valence-electron chi connectivity index (χ0n) is 31.2. The fourth-order valence-electron chi connectivity index (χ4n) is 10.6. The molecular weight excluding hydrogens is 736 g/mol. The molecule has 0 unspecified atom stereocenters. The lowest BCUT2D eigenvalue weighted by Gasteiger charge is -2.56. The molecule has 10 heteroatoms. The van der Waals surface area contributed by atoms with Crippen LogP contribution in [0.2, 0.25) is 10.0 Å². The normalized spacial score (nSPS) is 28.1. The van der Waals surface area contributed by atoms with E-state index >= 15 is 14.0 Å². The van der Waals surface area contributed by atoms with Crippen LogP contribution in [-0.2, 0) is 15.0 Å². The number of hydrogen-bond donors (Lipinski definition) is 4. The summed E-state index contributed by atoms with van der Waals surface area (Å²) in [5.41, 5.74) is 0.0177. The molecule has 4 aromatic carbocycles. The molecule has 2 amide bonds. The van der Waals surface area contributed by atoms with Crippen molar-refractivity contribution < 1.29 is 24.2 Å². The summed E-state index contributed by atoms with van der Waals surface area (Å²) in [5, 5.41) is 30.0. The molecular formula is C45H48Cl2FN3O4. The van der Waals surface area contributed by atoms with Crippen molar-refractivity contribution in [3.63, 3.8) is 0 Å². The van der Waals surface area contributed by atoms with Gasteiger partial charge in [0.1, 0.15) is 11.2 Å². The molecule has 0 bridgehead atoms. The summed E-state index contributed by atoms with van der Waals surface area (Å²) in [4.78, 5) is 33.3. The summed E-state index contributed by atoms with van der Waals surface area (Å²) in [6.07, 6.45) is 3.06. The number of benzene rings is 4. The SMILES string of the molecule is CC1(C)CCC2(CC1)N([C@H](c1ccccc1)[C@@H](O)c1ccccc1)[C@@H](C(=O)NC1CCC(O)CC1)[C@H](c1cccc(Cl)c1F)[C@]21C(=O)Nc2cc(Cl)ccc21. The Hall–Kier alpha value is -3.79. The van der Waals surface area contributed by atoms with Gasteiger partial charge < -0.3 is 20.8 Å². The molecule has 1 saturated heterocycles. The summed E-state index contributed by atoms with van der Waals surface area (Å²) in [6, 6.07) is 27.0. The Morgan fingerprint density at radius 3 is 2.16 bits per heavy atom. The molecule has 7 nitrogen and oxygen atoms in total. The van der Waals surface area contributed by atoms with Crippen molar-refractivity contribution in [1.82, 2.24) is 10.2 Å². The van der Waals surface area contributed by atoms with Crippen LogP contribution in [0.1, 0.15) is 106 Å². The largest absolute Gasteiger partial charge is 0.393 e. The quantitative estimate of drug-likeness (QED) is 0.150. The van der Waals surface area contributed by atoms with Gasteiger partial charge in [0.2, 0.25) is 11.8 Å². The lowest BCUT2D eigenvalue weighted by molar-refractivity contribution is -0.137. The highest BCUT2D eigenvalue weighted by Gasteiger charge is 2.77. The summed E-state index contributed by atoms with van der Waals surface area (Å²) < 4.78 is 17.0. The average molecular weight is 785 g/mol. The number of likely N-dealkylation sites (tertiary alicyclic amines) is 1. The Balaban J connectivity index is 1.47. The van der Waals surface area contributed by atoms with Crippen LogP contribution in [0.5, 0.6) is 0 Å². The molecule has 4 aliphatic rings. The van der Waals surface area contributed by atoms with E-state index in [1.807, 2.05) is 66.7 Å². The van der Waals surface area contributed by atoms with Crippen LogP contribution in [0.4, 0.5) is 10.1 Å². The predicted molar refractivity (Wildman–Crippen MR) is 214 cm³/mol. The van der Waals surface area contributed by atoms with Crippen molar-refractivity contribution in [1.29, 1.82) is 0 Å². The first-order valence-electron chi connectivity index (χ1n) is 19.5. The Labute approximate surface area is 332 Å². The van der Waals surface area contributed by atoms with Crippen LogP contribution < -0.4 is 10.6 Å². The molecule has 288 valence electrons. The van der Waals surface area contributed by atoms with Gasteiger partial charge in [0.25, 0.3) is 0 Å². The Morgan fingerprint density at radius 1 is 0.873 bits per heavy atom. The van der Waals surface area contributed by atoms with E-state index in [1.165, 1.54) is 6.07 Å². The van der Waals surface area contributed by atoms with Gasteiger partial charge in [-0.15, -0.1) is 0 Å². The predicted octanol–water partition coefficient (Wildman–Crippen LogP) is 9.02. The number of aliphatic hydroxyl groups excluding tert-OH is 2. The molecule has 0 radical (unpaired) electrons. The van der Waals surface area contributed by atoms with Crippen molar-refractivity contribution in [3.8, 4) is 0 Å². The highest BCUT2D eigenvalue weighted by Crippen LogP contribution is 2.70. The van der Waals surface area contributed by atoms with Gasteiger partial charge in [0.15, 0.2) is 0 Å². The van der Waals surface area contributed by atoms with Crippen molar-refractivity contribution in [2.75, 3.05) is 5.32 Å². The molecule has 3 fully saturated rings. The number of carbonyl (C=O) groups excluding carboxylic acids is 2. The zero-order chi connectivity index (χ0) is 38.7. The highest BCUT2D eigenvalue weighted by atomic mass is 35.5. The average Bonchev–Trinajstić information content (AvgIpc) is 3.60. The first-order chi connectivity index (χ1) is 26.4. The smallest absolute Gasteiger partial charge is 0.238 e. The van der Waals surface area contributed by atoms with E-state index in [1.54, 1.807) is 24.3 Å². The Morgan fingerprint density at radius 2 is 1.51 bits per heavy atom. The lowest BCUT2D eigenvalue weighted by Crippen LogP contribution is -2.64. The molecule has 4 N–H and O–H groups in total. The fraction of sp³-hybridized carbons (Fsp3) is 0.422. The first-order valence-corrected chi connectivity index (χ1v) is 20.2. The summed E-state index contributed by atoms with van der Waals surface area (Å²) in [5.74, 6) is -2.47. The minimum absolute atomic E-state index is 0.0869. The first kappa shape index (κ1) is 38.1. The number of carbonyl (C=O) groups is 2. The van der Waals surface area contributed by atoms with Gasteiger partial charge in [-0.3, -0.25) is 14.5 Å². The Kier molecular flexibility index (Phi) is 10.1. The molecule has 2 spiro atoms. The number of nitrogens with zero attached hydrogens (tertiary/aromatic N) is 1. The molecule has 4 aromatic rings. The standard InChI is InChI=1S/C45H48Cl2FN3O4/c1-43(2)22-24-44(25-23-43)45(33-21-16-29(46)26-35(33)50-42(45)55)36(32-14-9-15-34(47)37(32)48)39(41(54)49-30-17-19-31(52)20-18-30)51(44)38(27-10-5-3-6-11-27)40(53)28-12-7-4-8-13-28/h3-16,21,26,30-31,36,38-40,52-53H,17-20,22-25H2,1-2H3,(H,49,54)(H,50,55)/t30?,31?,36-,38+,39+,40-,45+/m0/s1. The topological polar surface area (TPSA) is 102 Å². The fourth-order valence-corrected chi connectivity index (χ4v) is 10.9. The third-order valence-corrected chi connectivity index (χ3v) is 13.8. The van der Waals surface area contributed by atoms with E-state index in [0.717, 1.165) is 5.56 Å². The van der Waals surface area contributed by atoms with Crippen LogP contribution in [0.3, 0.4) is 0 Å². The maximum atomic E-state index is 17.0. The van der Waals surface area contributed by atoms with Crippen LogP contribution in [0.15, 0.2) is 97.1 Å². The monoisotopic (exact) mass is 783 g/mol. The molecule has 2 aliphatic carbocycles. The van der Waals surface area contributed by atoms with E-state index in [9.17, 15) is 10.2 Å². The number of aliphatic hydroxyl groups is 2. The number of halogens is 3. The van der Waals surface area contributed by atoms with Gasteiger partial charge in [-0.2, -0.15) is 0 Å². The van der Waals surface area contributed by atoms with Gasteiger partial charge in [0.05, 0.1) is 29.3 Å². The maximum absolute atomic E-state index is 17.0. The third-order valence-electron chi connectivity index (χ3n) is 13.3. The van der Waals surface area contributed by atoms with Crippen LogP contribution in [0, 0.1) is 11.2 Å². The van der Waals surface area contributed by atoms with E-state index in [-0.39, 0.29) is 33.9 Å². The molecule has 5 atom stereocenters. The summed E-state index contributed by atoms with van der Waals surface area (Å²) in [6.45, 7) is 4.44. The molecule has 55 heavy (non-hydrogen) atoms.